The number of fused-ring (bicyclic) bond motifs is 1. The Morgan fingerprint density at radius 1 is 1.10 bits per heavy atom. The summed E-state index contributed by atoms with van der Waals surface area (Å²) >= 11 is 5.98. The van der Waals surface area contributed by atoms with Crippen molar-refractivity contribution in [3.05, 3.63) is 64.4 Å². The topological polar surface area (TPSA) is 42.2 Å². The lowest BCUT2D eigenvalue weighted by molar-refractivity contribution is 0.0998. The zero-order valence-electron chi connectivity index (χ0n) is 11.7. The number of nitrogens with one attached hydrogen (secondary N) is 1. The summed E-state index contributed by atoms with van der Waals surface area (Å²) in [6.07, 6.45) is 0. The Morgan fingerprint density at radius 2 is 1.81 bits per heavy atom. The van der Waals surface area contributed by atoms with Gasteiger partial charge in [0.15, 0.2) is 5.76 Å². The molecule has 1 aromatic heterocycles. The molecule has 0 atom stereocenters. The molecular weight excluding hydrogens is 286 g/mol. The van der Waals surface area contributed by atoms with Gasteiger partial charge in [-0.2, -0.15) is 0 Å². The molecule has 0 spiro atoms. The van der Waals surface area contributed by atoms with Crippen molar-refractivity contribution in [2.75, 3.05) is 5.32 Å². The van der Waals surface area contributed by atoms with Crippen LogP contribution in [0.3, 0.4) is 0 Å². The van der Waals surface area contributed by atoms with Gasteiger partial charge in [-0.05, 0) is 44.2 Å². The number of anilines is 1. The number of halogens is 1. The molecule has 0 radical (unpaired) electrons. The minimum Gasteiger partial charge on any atom is -0.451 e. The SMILES string of the molecule is Cc1ccc(NC(=O)c2oc3ccc(Cl)cc3c2C)cc1. The molecule has 21 heavy (non-hydrogen) atoms. The monoisotopic (exact) mass is 299 g/mol. The predicted octanol–water partition coefficient (Wildman–Crippen LogP) is 4.96. The van der Waals surface area contributed by atoms with Crippen LogP contribution in [0.2, 0.25) is 5.02 Å². The molecule has 106 valence electrons. The van der Waals surface area contributed by atoms with E-state index in [0.29, 0.717) is 16.4 Å². The van der Waals surface area contributed by atoms with Gasteiger partial charge in [0.1, 0.15) is 5.58 Å². The number of hydrogen-bond donors (Lipinski definition) is 1. The fourth-order valence-corrected chi connectivity index (χ4v) is 2.41. The maximum atomic E-state index is 12.3. The second kappa shape index (κ2) is 5.26. The van der Waals surface area contributed by atoms with Crippen LogP contribution in [0.5, 0.6) is 0 Å². The van der Waals surface area contributed by atoms with Crippen molar-refractivity contribution < 1.29 is 9.21 Å². The Labute approximate surface area is 127 Å². The van der Waals surface area contributed by atoms with Crippen LogP contribution in [0.4, 0.5) is 5.69 Å². The first-order valence-electron chi connectivity index (χ1n) is 6.61. The van der Waals surface area contributed by atoms with Gasteiger partial charge in [-0.1, -0.05) is 29.3 Å². The Bertz CT molecular complexity index is 819. The number of carbonyl (C=O) groups is 1. The number of aryl methyl sites for hydroxylation is 2. The van der Waals surface area contributed by atoms with Gasteiger partial charge in [0, 0.05) is 21.7 Å². The van der Waals surface area contributed by atoms with Gasteiger partial charge < -0.3 is 9.73 Å². The molecule has 3 nitrogen and oxygen atoms in total. The van der Waals surface area contributed by atoms with E-state index in [1.54, 1.807) is 18.2 Å². The van der Waals surface area contributed by atoms with Crippen LogP contribution in [-0.4, -0.2) is 5.91 Å². The summed E-state index contributed by atoms with van der Waals surface area (Å²) < 4.78 is 5.64. The van der Waals surface area contributed by atoms with E-state index in [1.165, 1.54) is 0 Å². The van der Waals surface area contributed by atoms with Gasteiger partial charge in [-0.15, -0.1) is 0 Å². The van der Waals surface area contributed by atoms with E-state index in [9.17, 15) is 4.79 Å². The molecule has 2 aromatic carbocycles. The predicted molar refractivity (Wildman–Crippen MR) is 85.1 cm³/mol. The van der Waals surface area contributed by atoms with Crippen molar-refractivity contribution in [2.24, 2.45) is 0 Å². The van der Waals surface area contributed by atoms with E-state index in [-0.39, 0.29) is 5.91 Å². The van der Waals surface area contributed by atoms with Gasteiger partial charge in [-0.25, -0.2) is 0 Å². The molecule has 0 aliphatic heterocycles. The van der Waals surface area contributed by atoms with E-state index in [2.05, 4.69) is 5.32 Å². The molecule has 3 aromatic rings. The van der Waals surface area contributed by atoms with Crippen molar-refractivity contribution in [3.63, 3.8) is 0 Å². The third-order valence-corrected chi connectivity index (χ3v) is 3.65. The van der Waals surface area contributed by atoms with Gasteiger partial charge in [-0.3, -0.25) is 4.79 Å². The number of carbonyl (C=O) groups excluding carboxylic acids is 1. The first-order valence-corrected chi connectivity index (χ1v) is 6.99. The molecule has 3 rings (SSSR count). The highest BCUT2D eigenvalue weighted by Crippen LogP contribution is 2.28. The summed E-state index contributed by atoms with van der Waals surface area (Å²) in [6.45, 7) is 3.85. The number of amides is 1. The first kappa shape index (κ1) is 13.7. The average Bonchev–Trinajstić information content (AvgIpc) is 2.79. The minimum atomic E-state index is -0.260. The lowest BCUT2D eigenvalue weighted by Gasteiger charge is -2.04. The molecule has 0 saturated carbocycles. The summed E-state index contributed by atoms with van der Waals surface area (Å²) in [5, 5.41) is 4.32. The third-order valence-electron chi connectivity index (χ3n) is 3.41. The summed E-state index contributed by atoms with van der Waals surface area (Å²) in [6, 6.07) is 12.9. The summed E-state index contributed by atoms with van der Waals surface area (Å²) in [5.74, 6) is 0.0523. The largest absolute Gasteiger partial charge is 0.451 e. The Morgan fingerprint density at radius 3 is 2.52 bits per heavy atom. The molecule has 0 aliphatic carbocycles. The van der Waals surface area contributed by atoms with Crippen LogP contribution in [0.25, 0.3) is 11.0 Å². The first-order chi connectivity index (χ1) is 10.0. The van der Waals surface area contributed by atoms with E-state index >= 15 is 0 Å². The summed E-state index contributed by atoms with van der Waals surface area (Å²) in [5.41, 5.74) is 3.33. The standard InChI is InChI=1S/C17H14ClNO2/c1-10-3-6-13(7-4-10)19-17(20)16-11(2)14-9-12(18)5-8-15(14)21-16/h3-9H,1-2H3,(H,19,20). The van der Waals surface area contributed by atoms with E-state index in [0.717, 1.165) is 22.2 Å². The fourth-order valence-electron chi connectivity index (χ4n) is 2.23. The van der Waals surface area contributed by atoms with Crippen LogP contribution in [0.15, 0.2) is 46.9 Å². The molecule has 0 bridgehead atoms. The second-order valence-electron chi connectivity index (χ2n) is 5.02. The molecule has 4 heteroatoms. The maximum Gasteiger partial charge on any atom is 0.291 e. The summed E-state index contributed by atoms with van der Waals surface area (Å²) in [7, 11) is 0. The quantitative estimate of drug-likeness (QED) is 0.727. The molecule has 1 heterocycles. The summed E-state index contributed by atoms with van der Waals surface area (Å²) in [4.78, 5) is 12.3. The zero-order valence-corrected chi connectivity index (χ0v) is 12.5. The molecule has 0 fully saturated rings. The smallest absolute Gasteiger partial charge is 0.291 e. The Kier molecular flexibility index (Phi) is 3.43. The molecule has 1 N–H and O–H groups in total. The number of rotatable bonds is 2. The van der Waals surface area contributed by atoms with Gasteiger partial charge in [0.05, 0.1) is 0 Å². The van der Waals surface area contributed by atoms with Gasteiger partial charge in [0.25, 0.3) is 5.91 Å². The van der Waals surface area contributed by atoms with E-state index < -0.39 is 0 Å². The normalized spacial score (nSPS) is 10.8. The minimum absolute atomic E-state index is 0.260. The van der Waals surface area contributed by atoms with Crippen LogP contribution in [0, 0.1) is 13.8 Å². The van der Waals surface area contributed by atoms with Crippen LogP contribution in [-0.2, 0) is 0 Å². The van der Waals surface area contributed by atoms with Gasteiger partial charge in [0.2, 0.25) is 0 Å². The average molecular weight is 300 g/mol. The Hall–Kier alpha value is -2.26. The molecule has 0 aliphatic rings. The van der Waals surface area contributed by atoms with Crippen LogP contribution < -0.4 is 5.32 Å². The zero-order chi connectivity index (χ0) is 15.0. The molecule has 0 saturated heterocycles. The fraction of sp³-hybridized carbons (Fsp3) is 0.118. The van der Waals surface area contributed by atoms with Crippen molar-refractivity contribution >= 4 is 34.2 Å². The number of benzene rings is 2. The Balaban J connectivity index is 1.94. The number of furan rings is 1. The van der Waals surface area contributed by atoms with Gasteiger partial charge >= 0.3 is 0 Å². The van der Waals surface area contributed by atoms with Crippen molar-refractivity contribution in [2.45, 2.75) is 13.8 Å². The highest BCUT2D eigenvalue weighted by molar-refractivity contribution is 6.31. The highest BCUT2D eigenvalue weighted by atomic mass is 35.5. The molecule has 1 amide bonds. The van der Waals surface area contributed by atoms with Crippen molar-refractivity contribution in [3.8, 4) is 0 Å². The molecular formula is C17H14ClNO2. The van der Waals surface area contributed by atoms with E-state index in [1.807, 2.05) is 38.1 Å². The lowest BCUT2D eigenvalue weighted by atomic mass is 10.1. The third kappa shape index (κ3) is 2.65. The van der Waals surface area contributed by atoms with Crippen molar-refractivity contribution in [1.82, 2.24) is 0 Å². The van der Waals surface area contributed by atoms with Crippen molar-refractivity contribution in [1.29, 1.82) is 0 Å². The number of hydrogen-bond acceptors (Lipinski definition) is 2. The van der Waals surface area contributed by atoms with Crippen LogP contribution >= 0.6 is 11.6 Å². The maximum absolute atomic E-state index is 12.3. The lowest BCUT2D eigenvalue weighted by Crippen LogP contribution is -2.11. The molecule has 0 unspecified atom stereocenters. The second-order valence-corrected chi connectivity index (χ2v) is 5.45. The van der Waals surface area contributed by atoms with E-state index in [4.69, 9.17) is 16.0 Å². The van der Waals surface area contributed by atoms with Crippen LogP contribution in [0.1, 0.15) is 21.7 Å². The highest BCUT2D eigenvalue weighted by Gasteiger charge is 2.17.